The van der Waals surface area contributed by atoms with E-state index >= 15 is 0 Å². The topological polar surface area (TPSA) is 60.9 Å². The third kappa shape index (κ3) is 4.58. The van der Waals surface area contributed by atoms with Crippen LogP contribution in [-0.4, -0.2) is 61.1 Å². The number of aliphatic hydroxyl groups is 1. The predicted octanol–water partition coefficient (Wildman–Crippen LogP) is 3.20. The third-order valence-electron chi connectivity index (χ3n) is 7.08. The zero-order valence-electron chi connectivity index (χ0n) is 18.5. The molecular formula is C26H29FN2O3S. The van der Waals surface area contributed by atoms with Gasteiger partial charge in [0.2, 0.25) is 10.0 Å². The van der Waals surface area contributed by atoms with Crippen molar-refractivity contribution in [3.8, 4) is 11.8 Å². The molecule has 2 heterocycles. The van der Waals surface area contributed by atoms with E-state index < -0.39 is 15.8 Å². The highest BCUT2D eigenvalue weighted by atomic mass is 32.2. The fourth-order valence-corrected chi connectivity index (χ4v) is 6.58. The molecule has 33 heavy (non-hydrogen) atoms. The summed E-state index contributed by atoms with van der Waals surface area (Å²) in [4.78, 5) is 2.36. The first-order valence-electron chi connectivity index (χ1n) is 11.7. The Morgan fingerprint density at radius 1 is 1.00 bits per heavy atom. The summed E-state index contributed by atoms with van der Waals surface area (Å²) in [5.74, 6) is 6.65. The van der Waals surface area contributed by atoms with E-state index in [4.69, 9.17) is 0 Å². The molecule has 0 unspecified atom stereocenters. The fraction of sp³-hybridized carbons (Fsp3) is 0.462. The van der Waals surface area contributed by atoms with Gasteiger partial charge in [0.15, 0.2) is 0 Å². The van der Waals surface area contributed by atoms with E-state index in [9.17, 15) is 17.9 Å². The normalized spacial score (nSPS) is 26.3. The van der Waals surface area contributed by atoms with Gasteiger partial charge in [-0.25, -0.2) is 12.8 Å². The van der Waals surface area contributed by atoms with Crippen molar-refractivity contribution in [3.63, 3.8) is 0 Å². The molecule has 3 fully saturated rings. The molecule has 1 aliphatic carbocycles. The molecule has 5 nitrogen and oxygen atoms in total. The SMILES string of the molecule is O=S(=O)(c1ccc(F)cc1)N1CCCCN2[C@@H](CO)[C@H](c3ccc(C#CC4CC4)cc3)[C@@H]2C1. The summed E-state index contributed by atoms with van der Waals surface area (Å²) in [5, 5.41) is 10.1. The van der Waals surface area contributed by atoms with E-state index in [-0.39, 0.29) is 29.5 Å². The van der Waals surface area contributed by atoms with E-state index in [1.165, 1.54) is 41.4 Å². The fourth-order valence-electron chi connectivity index (χ4n) is 5.08. The average molecular weight is 469 g/mol. The van der Waals surface area contributed by atoms with Crippen LogP contribution < -0.4 is 0 Å². The van der Waals surface area contributed by atoms with E-state index in [1.807, 2.05) is 12.1 Å². The van der Waals surface area contributed by atoms with Gasteiger partial charge in [-0.15, -0.1) is 0 Å². The van der Waals surface area contributed by atoms with Crippen molar-refractivity contribution in [2.75, 3.05) is 26.2 Å². The minimum atomic E-state index is -3.73. The van der Waals surface area contributed by atoms with Gasteiger partial charge in [-0.1, -0.05) is 24.0 Å². The summed E-state index contributed by atoms with van der Waals surface area (Å²) < 4.78 is 41.5. The molecular weight excluding hydrogens is 439 g/mol. The van der Waals surface area contributed by atoms with Gasteiger partial charge in [0.1, 0.15) is 5.82 Å². The largest absolute Gasteiger partial charge is 0.395 e. The maximum Gasteiger partial charge on any atom is 0.243 e. The van der Waals surface area contributed by atoms with E-state index in [2.05, 4.69) is 28.9 Å². The number of nitrogens with zero attached hydrogens (tertiary/aromatic N) is 2. The van der Waals surface area contributed by atoms with Crippen LogP contribution in [0, 0.1) is 23.6 Å². The van der Waals surface area contributed by atoms with Crippen LogP contribution in [-0.2, 0) is 10.0 Å². The summed E-state index contributed by atoms with van der Waals surface area (Å²) in [7, 11) is -3.73. The van der Waals surface area contributed by atoms with Crippen LogP contribution >= 0.6 is 0 Å². The van der Waals surface area contributed by atoms with Gasteiger partial charge < -0.3 is 5.11 Å². The molecule has 5 rings (SSSR count). The first-order valence-corrected chi connectivity index (χ1v) is 13.2. The predicted molar refractivity (Wildman–Crippen MR) is 125 cm³/mol. The lowest BCUT2D eigenvalue weighted by Gasteiger charge is -2.57. The van der Waals surface area contributed by atoms with Crippen LogP contribution in [0.1, 0.15) is 42.7 Å². The molecule has 7 heteroatoms. The van der Waals surface area contributed by atoms with Gasteiger partial charge in [-0.05, 0) is 74.2 Å². The lowest BCUT2D eigenvalue weighted by molar-refractivity contribution is -0.0553. The van der Waals surface area contributed by atoms with Crippen LogP contribution in [0.4, 0.5) is 4.39 Å². The van der Waals surface area contributed by atoms with Crippen LogP contribution in [0.2, 0.25) is 0 Å². The lowest BCUT2D eigenvalue weighted by Crippen LogP contribution is -2.67. The van der Waals surface area contributed by atoms with Gasteiger partial charge in [0.05, 0.1) is 11.5 Å². The molecule has 0 amide bonds. The van der Waals surface area contributed by atoms with E-state index in [1.54, 1.807) is 0 Å². The molecule has 0 spiro atoms. The monoisotopic (exact) mass is 468 g/mol. The Balaban J connectivity index is 1.39. The molecule has 0 bridgehead atoms. The molecule has 2 saturated heterocycles. The number of hydrogen-bond acceptors (Lipinski definition) is 4. The molecule has 2 aliphatic heterocycles. The zero-order valence-corrected chi connectivity index (χ0v) is 19.3. The number of halogens is 1. The van der Waals surface area contributed by atoms with Gasteiger partial charge >= 0.3 is 0 Å². The zero-order chi connectivity index (χ0) is 23.0. The maximum absolute atomic E-state index is 13.4. The molecule has 1 saturated carbocycles. The summed E-state index contributed by atoms with van der Waals surface area (Å²) in [6.45, 7) is 1.68. The van der Waals surface area contributed by atoms with E-state index in [0.29, 0.717) is 19.0 Å². The summed E-state index contributed by atoms with van der Waals surface area (Å²) in [5.41, 5.74) is 2.09. The molecule has 3 aliphatic rings. The Kier molecular flexibility index (Phi) is 6.28. The van der Waals surface area contributed by atoms with Crippen LogP contribution in [0.25, 0.3) is 0 Å². The first kappa shape index (κ1) is 22.5. The summed E-state index contributed by atoms with van der Waals surface area (Å²) >= 11 is 0. The molecule has 1 N–H and O–H groups in total. The highest BCUT2D eigenvalue weighted by Crippen LogP contribution is 2.42. The second kappa shape index (κ2) is 9.19. The Labute approximate surface area is 195 Å². The molecule has 3 atom stereocenters. The van der Waals surface area contributed by atoms with Gasteiger partial charge in [-0.2, -0.15) is 4.31 Å². The van der Waals surface area contributed by atoms with Crippen LogP contribution in [0.15, 0.2) is 53.4 Å². The van der Waals surface area contributed by atoms with Crippen molar-refractivity contribution in [2.24, 2.45) is 5.92 Å². The second-order valence-corrected chi connectivity index (χ2v) is 11.2. The van der Waals surface area contributed by atoms with Crippen LogP contribution in [0.3, 0.4) is 0 Å². The maximum atomic E-state index is 13.4. The lowest BCUT2D eigenvalue weighted by atomic mass is 9.74. The highest BCUT2D eigenvalue weighted by molar-refractivity contribution is 7.89. The number of hydrogen-bond donors (Lipinski definition) is 1. The third-order valence-corrected chi connectivity index (χ3v) is 8.96. The molecule has 0 radical (unpaired) electrons. The Bertz CT molecular complexity index is 1150. The Morgan fingerprint density at radius 3 is 2.36 bits per heavy atom. The summed E-state index contributed by atoms with van der Waals surface area (Å²) in [6, 6.07) is 13.2. The van der Waals surface area contributed by atoms with E-state index in [0.717, 1.165) is 30.5 Å². The van der Waals surface area contributed by atoms with Crippen molar-refractivity contribution in [3.05, 3.63) is 65.5 Å². The molecule has 0 aromatic heterocycles. The quantitative estimate of drug-likeness (QED) is 0.700. The van der Waals surface area contributed by atoms with Gasteiger partial charge in [0, 0.05) is 42.6 Å². The minimum absolute atomic E-state index is 0.0129. The Morgan fingerprint density at radius 2 is 1.70 bits per heavy atom. The Hall–Kier alpha value is -2.24. The molecule has 2 aromatic rings. The van der Waals surface area contributed by atoms with Crippen molar-refractivity contribution in [1.29, 1.82) is 0 Å². The number of rotatable bonds is 4. The molecule has 2 aromatic carbocycles. The van der Waals surface area contributed by atoms with Crippen molar-refractivity contribution in [2.45, 2.75) is 48.6 Å². The smallest absolute Gasteiger partial charge is 0.243 e. The van der Waals surface area contributed by atoms with Gasteiger partial charge in [-0.3, -0.25) is 4.90 Å². The van der Waals surface area contributed by atoms with Gasteiger partial charge in [0.25, 0.3) is 0 Å². The number of aliphatic hydroxyl groups excluding tert-OH is 1. The van der Waals surface area contributed by atoms with Crippen molar-refractivity contribution >= 4 is 10.0 Å². The van der Waals surface area contributed by atoms with Crippen molar-refractivity contribution < 1.29 is 17.9 Å². The van der Waals surface area contributed by atoms with Crippen molar-refractivity contribution in [1.82, 2.24) is 9.21 Å². The second-order valence-electron chi connectivity index (χ2n) is 9.27. The van der Waals surface area contributed by atoms with Crippen LogP contribution in [0.5, 0.6) is 0 Å². The summed E-state index contributed by atoms with van der Waals surface area (Å²) in [6.07, 6.45) is 4.01. The highest BCUT2D eigenvalue weighted by Gasteiger charge is 2.50. The number of benzene rings is 2. The minimum Gasteiger partial charge on any atom is -0.395 e. The number of sulfonamides is 1. The molecule has 174 valence electrons. The first-order chi connectivity index (χ1) is 16.0. The number of fused-ring (bicyclic) bond motifs is 1. The average Bonchev–Trinajstić information content (AvgIpc) is 3.62. The standard InChI is InChI=1S/C26H29FN2O3S/c27-22-11-13-23(14-12-22)33(31,32)28-15-1-2-16-29-24(17-28)26(25(29)18-30)21-9-7-20(8-10-21)6-5-19-3-4-19/h7-14,19,24-26,30H,1-4,15-18H2/t24-,25-,26+/m0/s1.